The van der Waals surface area contributed by atoms with Gasteiger partial charge >= 0.3 is 0 Å². The van der Waals surface area contributed by atoms with Crippen LogP contribution in [0.4, 0.5) is 0 Å². The average molecular weight is 1050 g/mol. The lowest BCUT2D eigenvalue weighted by molar-refractivity contribution is -0.870. The third kappa shape index (κ3) is 56.9. The van der Waals surface area contributed by atoms with Gasteiger partial charge in [-0.25, -0.2) is 0 Å². The highest BCUT2D eigenvalue weighted by atomic mass is 31.2. The molecule has 0 aliphatic carbocycles. The molecular formula is C65H115N2O6P. The number of carbonyl (C=O) groups excluding carboxylic acids is 1. The number of phosphoric ester groups is 1. The summed E-state index contributed by atoms with van der Waals surface area (Å²) in [7, 11) is 1.23. The lowest BCUT2D eigenvalue weighted by atomic mass is 10.0. The first-order chi connectivity index (χ1) is 36.0. The topological polar surface area (TPSA) is 108 Å². The number of aliphatic hydroxyl groups excluding tert-OH is 1. The summed E-state index contributed by atoms with van der Waals surface area (Å²) in [6.07, 6.45) is 80.4. The third-order valence-corrected chi connectivity index (χ3v) is 13.9. The van der Waals surface area contributed by atoms with Crippen molar-refractivity contribution in [3.8, 4) is 0 Å². The molecule has 0 aliphatic heterocycles. The van der Waals surface area contributed by atoms with Crippen LogP contribution in [0.15, 0.2) is 109 Å². The van der Waals surface area contributed by atoms with Gasteiger partial charge in [0, 0.05) is 6.42 Å². The van der Waals surface area contributed by atoms with E-state index in [2.05, 4.69) is 116 Å². The van der Waals surface area contributed by atoms with Gasteiger partial charge < -0.3 is 28.8 Å². The Morgan fingerprint density at radius 3 is 1.26 bits per heavy atom. The number of unbranched alkanes of at least 4 members (excludes halogenated alkanes) is 25. The maximum Gasteiger partial charge on any atom is 0.268 e. The Labute approximate surface area is 457 Å². The minimum atomic E-state index is -4.61. The summed E-state index contributed by atoms with van der Waals surface area (Å²) in [5.41, 5.74) is 0. The van der Waals surface area contributed by atoms with E-state index < -0.39 is 26.6 Å². The zero-order valence-corrected chi connectivity index (χ0v) is 49.4. The number of aliphatic hydroxyl groups is 1. The Morgan fingerprint density at radius 1 is 0.486 bits per heavy atom. The molecule has 0 bridgehead atoms. The van der Waals surface area contributed by atoms with E-state index in [1.165, 1.54) is 141 Å². The number of phosphoric acid groups is 1. The quantitative estimate of drug-likeness (QED) is 0.0272. The second kappa shape index (κ2) is 54.9. The van der Waals surface area contributed by atoms with Crippen molar-refractivity contribution in [2.75, 3.05) is 40.9 Å². The minimum Gasteiger partial charge on any atom is -0.756 e. The summed E-state index contributed by atoms with van der Waals surface area (Å²) in [5.74, 6) is -0.214. The molecule has 8 nitrogen and oxygen atoms in total. The summed E-state index contributed by atoms with van der Waals surface area (Å²) in [5, 5.41) is 13.9. The Bertz CT molecular complexity index is 1570. The normalized spacial score (nSPS) is 14.6. The molecule has 0 fully saturated rings. The first-order valence-corrected chi connectivity index (χ1v) is 31.7. The molecule has 3 unspecified atom stereocenters. The van der Waals surface area contributed by atoms with Gasteiger partial charge in [-0.05, 0) is 96.3 Å². The smallest absolute Gasteiger partial charge is 0.268 e. The van der Waals surface area contributed by atoms with Gasteiger partial charge in [0.2, 0.25) is 5.91 Å². The Kier molecular flexibility index (Phi) is 52.8. The third-order valence-electron chi connectivity index (χ3n) is 12.9. The molecule has 0 heterocycles. The molecule has 0 saturated carbocycles. The molecule has 2 N–H and O–H groups in total. The summed E-state index contributed by atoms with van der Waals surface area (Å²) in [6, 6.07) is -0.915. The van der Waals surface area contributed by atoms with Gasteiger partial charge in [-0.3, -0.25) is 9.36 Å². The van der Waals surface area contributed by atoms with E-state index in [1.54, 1.807) is 6.08 Å². The molecule has 74 heavy (non-hydrogen) atoms. The van der Waals surface area contributed by atoms with Crippen molar-refractivity contribution in [3.63, 3.8) is 0 Å². The van der Waals surface area contributed by atoms with Crippen LogP contribution >= 0.6 is 7.82 Å². The Morgan fingerprint density at radius 2 is 0.838 bits per heavy atom. The molecule has 0 rings (SSSR count). The van der Waals surface area contributed by atoms with Crippen molar-refractivity contribution in [1.82, 2.24) is 5.32 Å². The predicted molar refractivity (Wildman–Crippen MR) is 320 cm³/mol. The molecular weight excluding hydrogens is 936 g/mol. The molecule has 0 spiro atoms. The van der Waals surface area contributed by atoms with Crippen LogP contribution in [0.5, 0.6) is 0 Å². The molecule has 0 saturated heterocycles. The highest BCUT2D eigenvalue weighted by molar-refractivity contribution is 7.45. The number of hydrogen-bond acceptors (Lipinski definition) is 6. The second-order valence-electron chi connectivity index (χ2n) is 21.3. The highest BCUT2D eigenvalue weighted by Crippen LogP contribution is 2.38. The number of amides is 1. The Balaban J connectivity index is 4.12. The number of carbonyl (C=O) groups is 1. The van der Waals surface area contributed by atoms with Crippen molar-refractivity contribution in [1.29, 1.82) is 0 Å². The SMILES string of the molecule is CC/C=C\C/C=C\C/C=C\C/C=C\C/C=C\C/C=C\CCCCCCCCCCCCCCCCCCC(=O)NC(COP(=O)([O-])OCC[N+](C)(C)C)C(O)/C=C/CC/C=C/CC/C=C/CCCCCCCCC. The molecule has 9 heteroatoms. The number of quaternary nitrogens is 1. The number of likely N-dealkylation sites (N-methyl/N-ethyl adjacent to an activating group) is 1. The zero-order valence-electron chi connectivity index (χ0n) is 48.5. The van der Waals surface area contributed by atoms with Crippen molar-refractivity contribution >= 4 is 13.7 Å². The number of hydrogen-bond donors (Lipinski definition) is 2. The fraction of sp³-hybridized carbons (Fsp3) is 0.708. The second-order valence-corrected chi connectivity index (χ2v) is 22.7. The highest BCUT2D eigenvalue weighted by Gasteiger charge is 2.23. The number of rotatable bonds is 54. The van der Waals surface area contributed by atoms with Crippen LogP contribution in [0, 0.1) is 0 Å². The van der Waals surface area contributed by atoms with Gasteiger partial charge in [0.15, 0.2) is 0 Å². The van der Waals surface area contributed by atoms with Crippen LogP contribution in [0.2, 0.25) is 0 Å². The molecule has 0 aromatic heterocycles. The van der Waals surface area contributed by atoms with Gasteiger partial charge in [-0.2, -0.15) is 0 Å². The minimum absolute atomic E-state index is 0.0126. The molecule has 0 radical (unpaired) electrons. The average Bonchev–Trinajstić information content (AvgIpc) is 3.36. The largest absolute Gasteiger partial charge is 0.756 e. The van der Waals surface area contributed by atoms with Crippen LogP contribution in [0.1, 0.15) is 245 Å². The van der Waals surface area contributed by atoms with Crippen molar-refractivity contribution in [2.24, 2.45) is 0 Å². The molecule has 3 atom stereocenters. The number of nitrogens with zero attached hydrogens (tertiary/aromatic N) is 1. The molecule has 0 aromatic rings. The van der Waals surface area contributed by atoms with E-state index in [1.807, 2.05) is 27.2 Å². The summed E-state index contributed by atoms with van der Waals surface area (Å²) >= 11 is 0. The van der Waals surface area contributed by atoms with Crippen LogP contribution in [-0.4, -0.2) is 68.5 Å². The van der Waals surface area contributed by atoms with Crippen LogP contribution in [0.25, 0.3) is 0 Å². The molecule has 0 aromatic carbocycles. The van der Waals surface area contributed by atoms with Crippen molar-refractivity contribution in [3.05, 3.63) is 109 Å². The molecule has 1 amide bonds. The lowest BCUT2D eigenvalue weighted by Gasteiger charge is -2.29. The van der Waals surface area contributed by atoms with Crippen molar-refractivity contribution in [2.45, 2.75) is 257 Å². The van der Waals surface area contributed by atoms with Crippen LogP contribution in [-0.2, 0) is 18.4 Å². The monoisotopic (exact) mass is 1050 g/mol. The van der Waals surface area contributed by atoms with E-state index in [9.17, 15) is 19.4 Å². The van der Waals surface area contributed by atoms with Gasteiger partial charge in [0.1, 0.15) is 13.2 Å². The maximum absolute atomic E-state index is 13.0. The maximum atomic E-state index is 13.0. The number of nitrogens with one attached hydrogen (secondary N) is 1. The van der Waals surface area contributed by atoms with E-state index in [0.29, 0.717) is 17.4 Å². The number of allylic oxidation sites excluding steroid dienone is 17. The lowest BCUT2D eigenvalue weighted by Crippen LogP contribution is -2.45. The van der Waals surface area contributed by atoms with Crippen LogP contribution in [0.3, 0.4) is 0 Å². The van der Waals surface area contributed by atoms with Gasteiger partial charge in [0.05, 0.1) is 39.9 Å². The first kappa shape index (κ1) is 71.2. The van der Waals surface area contributed by atoms with Gasteiger partial charge in [-0.1, -0.05) is 252 Å². The Hall–Kier alpha value is -2.84. The van der Waals surface area contributed by atoms with E-state index in [-0.39, 0.29) is 12.5 Å². The standard InChI is InChI=1S/C65H115N2O6P/c1-6-8-10-12-14-16-18-20-22-24-25-26-27-28-29-30-31-32-33-34-35-36-37-38-39-40-41-43-45-47-49-51-53-55-57-59-65(69)66-63(62-73-74(70,71)72-61-60-67(3,4)5)64(68)58-56-54-52-50-48-46-44-42-23-21-19-17-15-13-11-9-7-2/h8,10,14,16,20,22-23,25-26,28-29,31-32,42,48,50,56,58,63-64,68H,6-7,9,11-13,15,17-19,21,24,27,30,33-41,43-47,49,51-55,57,59-62H2,1-5H3,(H-,66,69,70,71)/b10-8-,16-14-,22-20-,26-25-,29-28-,32-31-,42-23+,50-48+,58-56+. The molecule has 0 aliphatic rings. The summed E-state index contributed by atoms with van der Waals surface area (Å²) < 4.78 is 23.3. The van der Waals surface area contributed by atoms with E-state index in [4.69, 9.17) is 9.05 Å². The van der Waals surface area contributed by atoms with E-state index >= 15 is 0 Å². The van der Waals surface area contributed by atoms with Gasteiger partial charge in [0.25, 0.3) is 7.82 Å². The first-order valence-electron chi connectivity index (χ1n) is 30.2. The predicted octanol–water partition coefficient (Wildman–Crippen LogP) is 18.1. The zero-order chi connectivity index (χ0) is 54.2. The molecule has 426 valence electrons. The van der Waals surface area contributed by atoms with Crippen LogP contribution < -0.4 is 10.2 Å². The van der Waals surface area contributed by atoms with Crippen molar-refractivity contribution < 1.29 is 32.9 Å². The summed E-state index contributed by atoms with van der Waals surface area (Å²) in [6.45, 7) is 4.50. The summed E-state index contributed by atoms with van der Waals surface area (Å²) in [4.78, 5) is 25.5. The van der Waals surface area contributed by atoms with Gasteiger partial charge in [-0.15, -0.1) is 0 Å². The fourth-order valence-corrected chi connectivity index (χ4v) is 8.97. The van der Waals surface area contributed by atoms with E-state index in [0.717, 1.165) is 83.5 Å². The fourth-order valence-electron chi connectivity index (χ4n) is 8.25.